The molecule has 3 rings (SSSR count). The van der Waals surface area contributed by atoms with Crippen LogP contribution in [0.1, 0.15) is 30.0 Å². The van der Waals surface area contributed by atoms with Crippen LogP contribution in [0.5, 0.6) is 5.75 Å². The molecule has 0 amide bonds. The molecule has 0 bridgehead atoms. The number of benzene rings is 2. The number of nitrogens with zero attached hydrogens (tertiary/aromatic N) is 2. The Hall–Kier alpha value is -2.36. The van der Waals surface area contributed by atoms with E-state index in [0.717, 1.165) is 24.2 Å². The third-order valence-corrected chi connectivity index (χ3v) is 6.18. The molecule has 1 heterocycles. The fraction of sp³-hybridized carbons (Fsp3) is 0.278. The van der Waals surface area contributed by atoms with Crippen molar-refractivity contribution in [1.29, 1.82) is 5.26 Å². The quantitative estimate of drug-likeness (QED) is 0.856. The normalized spacial score (nSPS) is 18.2. The molecule has 5 nitrogen and oxygen atoms in total. The summed E-state index contributed by atoms with van der Waals surface area (Å²) in [5.74, 6) is 0.743. The zero-order valence-corrected chi connectivity index (χ0v) is 14.2. The highest BCUT2D eigenvalue weighted by Crippen LogP contribution is 2.37. The average molecular weight is 342 g/mol. The summed E-state index contributed by atoms with van der Waals surface area (Å²) in [5, 5.41) is 9.00. The molecule has 1 aliphatic rings. The van der Waals surface area contributed by atoms with Gasteiger partial charge in [-0.1, -0.05) is 18.2 Å². The van der Waals surface area contributed by atoms with Crippen LogP contribution in [0.2, 0.25) is 0 Å². The second-order valence-electron chi connectivity index (χ2n) is 5.69. The summed E-state index contributed by atoms with van der Waals surface area (Å²) in [6.07, 6.45) is 1.59. The maximum Gasteiger partial charge on any atom is 0.243 e. The average Bonchev–Trinajstić information content (AvgIpc) is 3.12. The lowest BCUT2D eigenvalue weighted by Gasteiger charge is -2.24. The lowest BCUT2D eigenvalue weighted by molar-refractivity contribution is 0.394. The van der Waals surface area contributed by atoms with E-state index in [-0.39, 0.29) is 10.9 Å². The van der Waals surface area contributed by atoms with Crippen molar-refractivity contribution >= 4 is 10.0 Å². The van der Waals surface area contributed by atoms with E-state index in [1.54, 1.807) is 25.3 Å². The van der Waals surface area contributed by atoms with Crippen LogP contribution in [0.15, 0.2) is 53.4 Å². The van der Waals surface area contributed by atoms with Crippen molar-refractivity contribution in [3.8, 4) is 11.8 Å². The Morgan fingerprint density at radius 3 is 2.62 bits per heavy atom. The molecule has 2 aromatic carbocycles. The van der Waals surface area contributed by atoms with E-state index < -0.39 is 10.0 Å². The van der Waals surface area contributed by atoms with Gasteiger partial charge in [-0.15, -0.1) is 0 Å². The zero-order chi connectivity index (χ0) is 17.2. The zero-order valence-electron chi connectivity index (χ0n) is 13.3. The largest absolute Gasteiger partial charge is 0.497 e. The van der Waals surface area contributed by atoms with E-state index in [1.165, 1.54) is 10.4 Å². The summed E-state index contributed by atoms with van der Waals surface area (Å²) in [6, 6.07) is 15.5. The Kier molecular flexibility index (Phi) is 4.56. The van der Waals surface area contributed by atoms with Crippen LogP contribution in [0.4, 0.5) is 0 Å². The number of rotatable bonds is 4. The van der Waals surface area contributed by atoms with Gasteiger partial charge in [-0.25, -0.2) is 8.42 Å². The number of sulfonamides is 1. The van der Waals surface area contributed by atoms with E-state index in [2.05, 4.69) is 0 Å². The molecule has 0 aliphatic carbocycles. The first-order valence-corrected chi connectivity index (χ1v) is 9.16. The molecule has 0 saturated carbocycles. The standard InChI is InChI=1S/C18H18N2O3S/c1-23-16-9-7-15(8-10-16)18-6-3-11-20(18)24(21,22)17-5-2-4-14(12-17)13-19/h2,4-5,7-10,12,18H,3,6,11H2,1H3. The van der Waals surface area contributed by atoms with Gasteiger partial charge in [-0.2, -0.15) is 9.57 Å². The monoisotopic (exact) mass is 342 g/mol. The number of methoxy groups -OCH3 is 1. The van der Waals surface area contributed by atoms with Crippen LogP contribution in [-0.2, 0) is 10.0 Å². The third kappa shape index (κ3) is 3.01. The highest BCUT2D eigenvalue weighted by Gasteiger charge is 2.36. The molecule has 1 saturated heterocycles. The maximum atomic E-state index is 13.0. The van der Waals surface area contributed by atoms with Gasteiger partial charge in [0.2, 0.25) is 10.0 Å². The fourth-order valence-corrected chi connectivity index (χ4v) is 4.78. The van der Waals surface area contributed by atoms with Crippen molar-refractivity contribution in [1.82, 2.24) is 4.31 Å². The van der Waals surface area contributed by atoms with Gasteiger partial charge >= 0.3 is 0 Å². The highest BCUT2D eigenvalue weighted by molar-refractivity contribution is 7.89. The molecule has 1 aliphatic heterocycles. The van der Waals surface area contributed by atoms with Gasteiger partial charge in [0.15, 0.2) is 0 Å². The van der Waals surface area contributed by atoms with Gasteiger partial charge in [0, 0.05) is 6.54 Å². The topological polar surface area (TPSA) is 70.4 Å². The smallest absolute Gasteiger partial charge is 0.243 e. The molecule has 2 aromatic rings. The maximum absolute atomic E-state index is 13.0. The Labute approximate surface area is 142 Å². The second kappa shape index (κ2) is 6.63. The van der Waals surface area contributed by atoms with E-state index >= 15 is 0 Å². The summed E-state index contributed by atoms with van der Waals surface area (Å²) in [7, 11) is -2.03. The Balaban J connectivity index is 1.95. The van der Waals surface area contributed by atoms with Crippen molar-refractivity contribution in [2.75, 3.05) is 13.7 Å². The Bertz CT molecular complexity index is 870. The minimum absolute atomic E-state index is 0.168. The first-order chi connectivity index (χ1) is 11.6. The SMILES string of the molecule is COc1ccc(C2CCCN2S(=O)(=O)c2cccc(C#N)c2)cc1. The molecular formula is C18H18N2O3S. The van der Waals surface area contributed by atoms with Crippen LogP contribution in [0.3, 0.4) is 0 Å². The van der Waals surface area contributed by atoms with Crippen LogP contribution in [-0.4, -0.2) is 26.4 Å². The molecule has 1 unspecified atom stereocenters. The summed E-state index contributed by atoms with van der Waals surface area (Å²) in [4.78, 5) is 0.168. The summed E-state index contributed by atoms with van der Waals surface area (Å²) < 4.78 is 32.7. The Morgan fingerprint density at radius 2 is 1.96 bits per heavy atom. The van der Waals surface area contributed by atoms with E-state index in [1.807, 2.05) is 30.3 Å². The number of ether oxygens (including phenoxy) is 1. The van der Waals surface area contributed by atoms with Crippen LogP contribution in [0, 0.1) is 11.3 Å². The van der Waals surface area contributed by atoms with Gasteiger partial charge in [-0.3, -0.25) is 0 Å². The van der Waals surface area contributed by atoms with Crippen LogP contribution < -0.4 is 4.74 Å². The molecule has 0 spiro atoms. The second-order valence-corrected chi connectivity index (χ2v) is 7.58. The molecular weight excluding hydrogens is 324 g/mol. The van der Waals surface area contributed by atoms with Crippen LogP contribution >= 0.6 is 0 Å². The molecule has 0 aromatic heterocycles. The minimum atomic E-state index is -3.63. The summed E-state index contributed by atoms with van der Waals surface area (Å²) >= 11 is 0. The minimum Gasteiger partial charge on any atom is -0.497 e. The molecule has 0 N–H and O–H groups in total. The first kappa shape index (κ1) is 16.5. The molecule has 1 atom stereocenters. The number of hydrogen-bond acceptors (Lipinski definition) is 4. The van der Waals surface area contributed by atoms with Gasteiger partial charge in [-0.05, 0) is 48.7 Å². The van der Waals surface area contributed by atoms with Crippen molar-refractivity contribution in [2.24, 2.45) is 0 Å². The third-order valence-electron chi connectivity index (χ3n) is 4.27. The molecule has 24 heavy (non-hydrogen) atoms. The number of nitriles is 1. The predicted molar refractivity (Wildman–Crippen MR) is 90.0 cm³/mol. The predicted octanol–water partition coefficient (Wildman–Crippen LogP) is 3.09. The van der Waals surface area contributed by atoms with Gasteiger partial charge in [0.05, 0.1) is 29.7 Å². The van der Waals surface area contributed by atoms with Gasteiger partial charge < -0.3 is 4.74 Å². The van der Waals surface area contributed by atoms with Gasteiger partial charge in [0.1, 0.15) is 5.75 Å². The Morgan fingerprint density at radius 1 is 1.21 bits per heavy atom. The molecule has 1 fully saturated rings. The fourth-order valence-electron chi connectivity index (χ4n) is 3.05. The molecule has 124 valence electrons. The van der Waals surface area contributed by atoms with Crippen molar-refractivity contribution in [3.63, 3.8) is 0 Å². The van der Waals surface area contributed by atoms with Gasteiger partial charge in [0.25, 0.3) is 0 Å². The van der Waals surface area contributed by atoms with Crippen molar-refractivity contribution in [2.45, 2.75) is 23.8 Å². The lowest BCUT2D eigenvalue weighted by atomic mass is 10.1. The first-order valence-electron chi connectivity index (χ1n) is 7.72. The summed E-state index contributed by atoms with van der Waals surface area (Å²) in [5.41, 5.74) is 1.30. The lowest BCUT2D eigenvalue weighted by Crippen LogP contribution is -2.30. The van der Waals surface area contributed by atoms with Crippen molar-refractivity contribution < 1.29 is 13.2 Å². The van der Waals surface area contributed by atoms with E-state index in [4.69, 9.17) is 10.00 Å². The van der Waals surface area contributed by atoms with Crippen molar-refractivity contribution in [3.05, 3.63) is 59.7 Å². The van der Waals surface area contributed by atoms with E-state index in [9.17, 15) is 8.42 Å². The highest BCUT2D eigenvalue weighted by atomic mass is 32.2. The molecule has 6 heteroatoms. The molecule has 0 radical (unpaired) electrons. The number of hydrogen-bond donors (Lipinski definition) is 0. The summed E-state index contributed by atoms with van der Waals surface area (Å²) in [6.45, 7) is 0.482. The van der Waals surface area contributed by atoms with E-state index in [0.29, 0.717) is 12.1 Å². The van der Waals surface area contributed by atoms with Crippen LogP contribution in [0.25, 0.3) is 0 Å².